The Bertz CT molecular complexity index is 336. The molecule has 1 atom stereocenters. The maximum Gasteiger partial charge on any atom is 0.313 e. The van der Waals surface area contributed by atoms with Crippen LogP contribution in [0, 0.1) is 0 Å². The lowest BCUT2D eigenvalue weighted by molar-refractivity contribution is -0.154. The molecule has 2 heterocycles. The number of piperazine rings is 2. The van der Waals surface area contributed by atoms with Gasteiger partial charge in [-0.05, 0) is 0 Å². The Balaban J connectivity index is 2.22. The molecule has 2 rings (SSSR count). The maximum absolute atomic E-state index is 11.9. The van der Waals surface area contributed by atoms with Crippen LogP contribution in [0.5, 0.6) is 0 Å². The second-order valence-corrected chi connectivity index (χ2v) is 4.25. The van der Waals surface area contributed by atoms with Gasteiger partial charge in [0.25, 0.3) is 0 Å². The first-order valence-corrected chi connectivity index (χ1v) is 5.80. The number of carbonyl (C=O) groups is 2. The van der Waals surface area contributed by atoms with E-state index in [1.165, 1.54) is 0 Å². The standard InChI is InChI=1S/C11H17N4O2/c1-2-3-11(8-12-4-5-14-11)15-7-6-13-9(16)10(15)17/h2,12H,1,3-8H2,(H,13,16). The van der Waals surface area contributed by atoms with Crippen LogP contribution in [0.4, 0.5) is 0 Å². The number of amides is 2. The molecular weight excluding hydrogens is 220 g/mol. The Morgan fingerprint density at radius 2 is 2.29 bits per heavy atom. The van der Waals surface area contributed by atoms with Crippen molar-refractivity contribution in [3.63, 3.8) is 0 Å². The van der Waals surface area contributed by atoms with Gasteiger partial charge in [0.05, 0.1) is 0 Å². The fourth-order valence-electron chi connectivity index (χ4n) is 2.32. The van der Waals surface area contributed by atoms with Gasteiger partial charge in [-0.15, -0.1) is 6.58 Å². The lowest BCUT2D eigenvalue weighted by Gasteiger charge is -2.46. The zero-order chi connectivity index (χ0) is 12.3. The van der Waals surface area contributed by atoms with Gasteiger partial charge in [-0.1, -0.05) is 6.08 Å². The van der Waals surface area contributed by atoms with E-state index in [1.54, 1.807) is 11.0 Å². The normalized spacial score (nSPS) is 30.0. The average Bonchev–Trinajstić information content (AvgIpc) is 2.34. The summed E-state index contributed by atoms with van der Waals surface area (Å²) >= 11 is 0. The van der Waals surface area contributed by atoms with Gasteiger partial charge in [0, 0.05) is 39.1 Å². The summed E-state index contributed by atoms with van der Waals surface area (Å²) in [4.78, 5) is 24.9. The first-order valence-electron chi connectivity index (χ1n) is 5.80. The van der Waals surface area contributed by atoms with Crippen molar-refractivity contribution in [2.75, 3.05) is 32.7 Å². The average molecular weight is 237 g/mol. The van der Waals surface area contributed by atoms with Gasteiger partial charge in [0.15, 0.2) is 0 Å². The Hall–Kier alpha value is -1.40. The van der Waals surface area contributed by atoms with E-state index in [1.807, 2.05) is 0 Å². The minimum Gasteiger partial charge on any atom is -0.346 e. The second kappa shape index (κ2) is 4.85. The van der Waals surface area contributed by atoms with Crippen molar-refractivity contribution in [2.24, 2.45) is 0 Å². The summed E-state index contributed by atoms with van der Waals surface area (Å²) < 4.78 is 0. The van der Waals surface area contributed by atoms with Gasteiger partial charge >= 0.3 is 11.8 Å². The van der Waals surface area contributed by atoms with Gasteiger partial charge in [0.1, 0.15) is 5.66 Å². The van der Waals surface area contributed by atoms with Crippen LogP contribution < -0.4 is 16.0 Å². The van der Waals surface area contributed by atoms with Crippen LogP contribution in [0.1, 0.15) is 6.42 Å². The molecule has 0 aliphatic carbocycles. The first kappa shape index (κ1) is 12.1. The molecule has 2 N–H and O–H groups in total. The zero-order valence-electron chi connectivity index (χ0n) is 9.74. The molecule has 2 aliphatic heterocycles. The van der Waals surface area contributed by atoms with Crippen LogP contribution in [0.3, 0.4) is 0 Å². The molecule has 1 radical (unpaired) electrons. The summed E-state index contributed by atoms with van der Waals surface area (Å²) in [7, 11) is 0. The van der Waals surface area contributed by atoms with E-state index >= 15 is 0 Å². The summed E-state index contributed by atoms with van der Waals surface area (Å²) in [5.74, 6) is -1.04. The van der Waals surface area contributed by atoms with Crippen molar-refractivity contribution in [3.05, 3.63) is 12.7 Å². The number of nitrogens with one attached hydrogen (secondary N) is 2. The lowest BCUT2D eigenvalue weighted by Crippen LogP contribution is -2.70. The van der Waals surface area contributed by atoms with Crippen LogP contribution in [-0.2, 0) is 9.59 Å². The molecule has 2 amide bonds. The number of carbonyl (C=O) groups excluding carboxylic acids is 2. The van der Waals surface area contributed by atoms with E-state index in [-0.39, 0.29) is 0 Å². The molecule has 2 aliphatic rings. The predicted octanol–water partition coefficient (Wildman–Crippen LogP) is -1.58. The smallest absolute Gasteiger partial charge is 0.313 e. The van der Waals surface area contributed by atoms with E-state index < -0.39 is 17.5 Å². The minimum absolute atomic E-state index is 0.485. The summed E-state index contributed by atoms with van der Waals surface area (Å²) in [5.41, 5.74) is -0.630. The molecule has 2 saturated heterocycles. The molecule has 6 heteroatoms. The quantitative estimate of drug-likeness (QED) is 0.460. The molecule has 17 heavy (non-hydrogen) atoms. The highest BCUT2D eigenvalue weighted by Crippen LogP contribution is 2.21. The number of nitrogens with zero attached hydrogens (tertiary/aromatic N) is 2. The largest absolute Gasteiger partial charge is 0.346 e. The van der Waals surface area contributed by atoms with E-state index in [0.29, 0.717) is 32.6 Å². The number of rotatable bonds is 3. The highest BCUT2D eigenvalue weighted by Gasteiger charge is 2.44. The lowest BCUT2D eigenvalue weighted by atomic mass is 10.00. The highest BCUT2D eigenvalue weighted by atomic mass is 16.2. The van der Waals surface area contributed by atoms with Gasteiger partial charge < -0.3 is 15.5 Å². The Morgan fingerprint density at radius 1 is 1.47 bits per heavy atom. The molecule has 1 unspecified atom stereocenters. The molecule has 0 saturated carbocycles. The Kier molecular flexibility index (Phi) is 3.44. The summed E-state index contributed by atoms with van der Waals surface area (Å²) in [6.07, 6.45) is 2.31. The van der Waals surface area contributed by atoms with Crippen molar-refractivity contribution in [1.29, 1.82) is 0 Å². The summed E-state index contributed by atoms with van der Waals surface area (Å²) in [6, 6.07) is 0. The number of hydrogen-bond acceptors (Lipinski definition) is 3. The van der Waals surface area contributed by atoms with Crippen molar-refractivity contribution in [1.82, 2.24) is 20.9 Å². The molecule has 0 aromatic rings. The van der Waals surface area contributed by atoms with Crippen LogP contribution in [0.15, 0.2) is 12.7 Å². The SMILES string of the molecule is C=CCC1(N2CCNC(=O)C2=O)CNCC[N]1. The van der Waals surface area contributed by atoms with Crippen molar-refractivity contribution in [2.45, 2.75) is 12.1 Å². The molecule has 2 fully saturated rings. The molecule has 0 aromatic heterocycles. The summed E-state index contributed by atoms with van der Waals surface area (Å²) in [6.45, 7) is 6.75. The van der Waals surface area contributed by atoms with E-state index in [9.17, 15) is 9.59 Å². The molecule has 0 bridgehead atoms. The van der Waals surface area contributed by atoms with Gasteiger partial charge in [-0.3, -0.25) is 9.59 Å². The van der Waals surface area contributed by atoms with Crippen LogP contribution in [0.25, 0.3) is 0 Å². The van der Waals surface area contributed by atoms with Crippen LogP contribution in [-0.4, -0.2) is 55.1 Å². The fraction of sp³-hybridized carbons (Fsp3) is 0.636. The highest BCUT2D eigenvalue weighted by molar-refractivity contribution is 6.35. The Labute approximate surface area is 100 Å². The monoisotopic (exact) mass is 237 g/mol. The first-order chi connectivity index (χ1) is 8.19. The van der Waals surface area contributed by atoms with Gasteiger partial charge in [0.2, 0.25) is 0 Å². The third kappa shape index (κ3) is 2.18. The van der Waals surface area contributed by atoms with E-state index in [0.717, 1.165) is 6.54 Å². The van der Waals surface area contributed by atoms with Crippen LogP contribution in [0.2, 0.25) is 0 Å². The predicted molar refractivity (Wildman–Crippen MR) is 62.1 cm³/mol. The second-order valence-electron chi connectivity index (χ2n) is 4.25. The third-order valence-electron chi connectivity index (χ3n) is 3.14. The van der Waals surface area contributed by atoms with Gasteiger partial charge in [-0.25, -0.2) is 5.32 Å². The molecule has 6 nitrogen and oxygen atoms in total. The molecule has 0 aromatic carbocycles. The minimum atomic E-state index is -0.630. The fourth-order valence-corrected chi connectivity index (χ4v) is 2.32. The third-order valence-corrected chi connectivity index (χ3v) is 3.14. The topological polar surface area (TPSA) is 75.5 Å². The van der Waals surface area contributed by atoms with Gasteiger partial charge in [-0.2, -0.15) is 0 Å². The molecule has 0 spiro atoms. The van der Waals surface area contributed by atoms with Crippen LogP contribution >= 0.6 is 0 Å². The summed E-state index contributed by atoms with van der Waals surface area (Å²) in [5, 5.41) is 10.3. The molecular formula is C11H17N4O2. The van der Waals surface area contributed by atoms with E-state index in [4.69, 9.17) is 0 Å². The molecule has 93 valence electrons. The zero-order valence-corrected chi connectivity index (χ0v) is 9.74. The van der Waals surface area contributed by atoms with Crippen molar-refractivity contribution < 1.29 is 9.59 Å². The van der Waals surface area contributed by atoms with Crippen molar-refractivity contribution >= 4 is 11.8 Å². The maximum atomic E-state index is 11.9. The Morgan fingerprint density at radius 3 is 2.94 bits per heavy atom. The number of hydrogen-bond donors (Lipinski definition) is 2. The van der Waals surface area contributed by atoms with Crippen molar-refractivity contribution in [3.8, 4) is 0 Å². The van der Waals surface area contributed by atoms with E-state index in [2.05, 4.69) is 22.5 Å².